The topological polar surface area (TPSA) is 6.48 Å². The molecule has 0 radical (unpaired) electrons. The number of rotatable bonds is 4. The molecule has 0 atom stereocenters. The summed E-state index contributed by atoms with van der Waals surface area (Å²) >= 11 is 0. The van der Waals surface area contributed by atoms with Gasteiger partial charge in [0.05, 0.1) is 0 Å². The average molecular weight is 244 g/mol. The number of piperazine rings is 1. The van der Waals surface area contributed by atoms with Crippen molar-refractivity contribution in [2.24, 2.45) is 0 Å². The van der Waals surface area contributed by atoms with Crippen LogP contribution in [0, 0.1) is 0 Å². The van der Waals surface area contributed by atoms with E-state index in [-0.39, 0.29) is 0 Å². The molecular formula is C16H24N2. The molecule has 1 aliphatic heterocycles. The van der Waals surface area contributed by atoms with E-state index in [0.29, 0.717) is 6.04 Å². The lowest BCUT2D eigenvalue weighted by Gasteiger charge is -2.36. The number of benzene rings is 1. The zero-order valence-corrected chi connectivity index (χ0v) is 11.5. The van der Waals surface area contributed by atoms with Crippen molar-refractivity contribution in [2.45, 2.75) is 19.9 Å². The zero-order chi connectivity index (χ0) is 12.8. The Morgan fingerprint density at radius 3 is 2.33 bits per heavy atom. The van der Waals surface area contributed by atoms with Gasteiger partial charge in [0.25, 0.3) is 0 Å². The molecule has 0 N–H and O–H groups in total. The molecule has 1 heterocycles. The third kappa shape index (κ3) is 3.97. The molecule has 18 heavy (non-hydrogen) atoms. The van der Waals surface area contributed by atoms with Crippen LogP contribution in [0.25, 0.3) is 6.08 Å². The van der Waals surface area contributed by atoms with Crippen molar-refractivity contribution in [1.82, 2.24) is 9.80 Å². The number of nitrogens with zero attached hydrogens (tertiary/aromatic N) is 2. The van der Waals surface area contributed by atoms with Gasteiger partial charge in [-0.1, -0.05) is 42.5 Å². The monoisotopic (exact) mass is 244 g/mol. The Labute approximate surface area is 111 Å². The normalized spacial score (nSPS) is 18.8. The Kier molecular flexibility index (Phi) is 4.97. The lowest BCUT2D eigenvalue weighted by Crippen LogP contribution is -2.48. The van der Waals surface area contributed by atoms with Crippen LogP contribution in [0.3, 0.4) is 0 Å². The van der Waals surface area contributed by atoms with Crippen molar-refractivity contribution in [1.29, 1.82) is 0 Å². The largest absolute Gasteiger partial charge is 0.298 e. The highest BCUT2D eigenvalue weighted by atomic mass is 15.3. The van der Waals surface area contributed by atoms with Gasteiger partial charge in [-0.3, -0.25) is 9.80 Å². The van der Waals surface area contributed by atoms with Crippen molar-refractivity contribution in [3.05, 3.63) is 42.0 Å². The van der Waals surface area contributed by atoms with Crippen LogP contribution >= 0.6 is 0 Å². The SMILES string of the molecule is CC(C)N1CCN(CC=Cc2ccccc2)CC1. The van der Waals surface area contributed by atoms with Crippen LogP contribution in [0.5, 0.6) is 0 Å². The van der Waals surface area contributed by atoms with Crippen molar-refractivity contribution < 1.29 is 0 Å². The predicted molar refractivity (Wildman–Crippen MR) is 78.6 cm³/mol. The Morgan fingerprint density at radius 2 is 1.72 bits per heavy atom. The van der Waals surface area contributed by atoms with Gasteiger partial charge >= 0.3 is 0 Å². The van der Waals surface area contributed by atoms with Gasteiger partial charge in [0, 0.05) is 38.8 Å². The van der Waals surface area contributed by atoms with Crippen molar-refractivity contribution >= 4 is 6.08 Å². The molecule has 1 fully saturated rings. The predicted octanol–water partition coefficient (Wildman–Crippen LogP) is 2.73. The summed E-state index contributed by atoms with van der Waals surface area (Å²) in [7, 11) is 0. The van der Waals surface area contributed by atoms with Gasteiger partial charge in [-0.25, -0.2) is 0 Å². The Bertz CT molecular complexity index is 362. The fourth-order valence-corrected chi connectivity index (χ4v) is 2.36. The standard InChI is InChI=1S/C16H24N2/c1-15(2)18-13-11-17(12-14-18)10-6-9-16-7-4-3-5-8-16/h3-9,15H,10-14H2,1-2H3. The minimum atomic E-state index is 0.687. The molecule has 0 unspecified atom stereocenters. The summed E-state index contributed by atoms with van der Waals surface area (Å²) in [6.45, 7) is 10.4. The van der Waals surface area contributed by atoms with Gasteiger partial charge < -0.3 is 0 Å². The quantitative estimate of drug-likeness (QED) is 0.803. The first kappa shape index (κ1) is 13.3. The smallest absolute Gasteiger partial charge is 0.0167 e. The van der Waals surface area contributed by atoms with Gasteiger partial charge in [0.1, 0.15) is 0 Å². The summed E-state index contributed by atoms with van der Waals surface area (Å²) in [6, 6.07) is 11.2. The van der Waals surface area contributed by atoms with Crippen LogP contribution in [0.1, 0.15) is 19.4 Å². The Morgan fingerprint density at radius 1 is 1.06 bits per heavy atom. The molecule has 98 valence electrons. The fraction of sp³-hybridized carbons (Fsp3) is 0.500. The van der Waals surface area contributed by atoms with E-state index < -0.39 is 0 Å². The maximum atomic E-state index is 2.55. The Balaban J connectivity index is 1.74. The van der Waals surface area contributed by atoms with E-state index in [4.69, 9.17) is 0 Å². The van der Waals surface area contributed by atoms with E-state index in [1.54, 1.807) is 0 Å². The molecule has 2 rings (SSSR count). The highest BCUT2D eigenvalue weighted by Gasteiger charge is 2.17. The van der Waals surface area contributed by atoms with E-state index in [1.807, 2.05) is 0 Å². The molecule has 0 amide bonds. The number of hydrogen-bond acceptors (Lipinski definition) is 2. The first-order chi connectivity index (χ1) is 8.75. The summed E-state index contributed by atoms with van der Waals surface area (Å²) in [6.07, 6.45) is 4.50. The second kappa shape index (κ2) is 6.72. The maximum absolute atomic E-state index is 2.55. The molecule has 0 aliphatic carbocycles. The van der Waals surface area contributed by atoms with Crippen molar-refractivity contribution in [3.63, 3.8) is 0 Å². The summed E-state index contributed by atoms with van der Waals surface area (Å²) in [4.78, 5) is 5.08. The van der Waals surface area contributed by atoms with Crippen molar-refractivity contribution in [2.75, 3.05) is 32.7 Å². The molecule has 2 nitrogen and oxygen atoms in total. The molecule has 0 saturated carbocycles. The van der Waals surface area contributed by atoms with Gasteiger partial charge in [0.15, 0.2) is 0 Å². The van der Waals surface area contributed by atoms with Gasteiger partial charge in [-0.2, -0.15) is 0 Å². The van der Waals surface area contributed by atoms with Crippen LogP contribution in [-0.2, 0) is 0 Å². The Hall–Kier alpha value is -1.12. The number of hydrogen-bond donors (Lipinski definition) is 0. The molecular weight excluding hydrogens is 220 g/mol. The second-order valence-electron chi connectivity index (χ2n) is 5.24. The van der Waals surface area contributed by atoms with Crippen molar-refractivity contribution in [3.8, 4) is 0 Å². The summed E-state index contributed by atoms with van der Waals surface area (Å²) < 4.78 is 0. The molecule has 0 bridgehead atoms. The van der Waals surface area contributed by atoms with E-state index in [2.05, 4.69) is 66.1 Å². The first-order valence-corrected chi connectivity index (χ1v) is 6.93. The lowest BCUT2D eigenvalue weighted by atomic mass is 10.2. The summed E-state index contributed by atoms with van der Waals surface area (Å²) in [5.74, 6) is 0. The third-order valence-corrected chi connectivity index (χ3v) is 3.61. The molecule has 0 aromatic heterocycles. The minimum absolute atomic E-state index is 0.687. The van der Waals surface area contributed by atoms with E-state index >= 15 is 0 Å². The fourth-order valence-electron chi connectivity index (χ4n) is 2.36. The molecule has 2 heteroatoms. The summed E-state index contributed by atoms with van der Waals surface area (Å²) in [5.41, 5.74) is 1.29. The van der Waals surface area contributed by atoms with Crippen LogP contribution in [-0.4, -0.2) is 48.6 Å². The minimum Gasteiger partial charge on any atom is -0.298 e. The average Bonchev–Trinajstić information content (AvgIpc) is 2.40. The lowest BCUT2D eigenvalue weighted by molar-refractivity contribution is 0.117. The van der Waals surface area contributed by atoms with Gasteiger partial charge in [-0.15, -0.1) is 0 Å². The van der Waals surface area contributed by atoms with E-state index in [0.717, 1.165) is 6.54 Å². The molecule has 1 aromatic carbocycles. The van der Waals surface area contributed by atoms with E-state index in [1.165, 1.54) is 31.7 Å². The maximum Gasteiger partial charge on any atom is 0.0167 e. The highest BCUT2D eigenvalue weighted by molar-refractivity contribution is 5.48. The van der Waals surface area contributed by atoms with Gasteiger partial charge in [0.2, 0.25) is 0 Å². The summed E-state index contributed by atoms with van der Waals surface area (Å²) in [5, 5.41) is 0. The molecule has 0 spiro atoms. The zero-order valence-electron chi connectivity index (χ0n) is 11.5. The van der Waals surface area contributed by atoms with Gasteiger partial charge in [-0.05, 0) is 19.4 Å². The highest BCUT2D eigenvalue weighted by Crippen LogP contribution is 2.06. The van der Waals surface area contributed by atoms with Crippen LogP contribution in [0.4, 0.5) is 0 Å². The molecule has 1 aliphatic rings. The van der Waals surface area contributed by atoms with Crippen LogP contribution < -0.4 is 0 Å². The first-order valence-electron chi connectivity index (χ1n) is 6.93. The second-order valence-corrected chi connectivity index (χ2v) is 5.24. The molecule has 1 saturated heterocycles. The van der Waals surface area contributed by atoms with E-state index in [9.17, 15) is 0 Å². The third-order valence-electron chi connectivity index (χ3n) is 3.61. The van der Waals surface area contributed by atoms with Crippen LogP contribution in [0.15, 0.2) is 36.4 Å². The molecule has 1 aromatic rings. The van der Waals surface area contributed by atoms with Crippen LogP contribution in [0.2, 0.25) is 0 Å².